The molecular formula is C17H24O2. The van der Waals surface area contributed by atoms with Gasteiger partial charge in [-0.05, 0) is 62.5 Å². The largest absolute Gasteiger partial charge is 0.507 e. The van der Waals surface area contributed by atoms with Crippen LogP contribution >= 0.6 is 0 Å². The molecule has 0 aromatic heterocycles. The highest BCUT2D eigenvalue weighted by Gasteiger charge is 2.40. The Hall–Kier alpha value is -1.02. The first-order valence-electron chi connectivity index (χ1n) is 7.56. The molecule has 3 rings (SSSR count). The summed E-state index contributed by atoms with van der Waals surface area (Å²) in [6.45, 7) is 7.08. The first-order chi connectivity index (χ1) is 9.07. The Bertz CT molecular complexity index is 486. The van der Waals surface area contributed by atoms with E-state index in [1.165, 1.54) is 18.4 Å². The molecule has 0 aliphatic heterocycles. The van der Waals surface area contributed by atoms with Gasteiger partial charge in [-0.3, -0.25) is 0 Å². The third-order valence-electron chi connectivity index (χ3n) is 4.98. The summed E-state index contributed by atoms with van der Waals surface area (Å²) in [6.07, 6.45) is 4.60. The maximum absolute atomic E-state index is 10.7. The predicted molar refractivity (Wildman–Crippen MR) is 76.5 cm³/mol. The van der Waals surface area contributed by atoms with Crippen LogP contribution in [0.1, 0.15) is 62.6 Å². The minimum absolute atomic E-state index is 0.298. The number of rotatable bonds is 4. The van der Waals surface area contributed by atoms with E-state index in [-0.39, 0.29) is 5.60 Å². The van der Waals surface area contributed by atoms with Crippen molar-refractivity contribution in [2.24, 2.45) is 5.92 Å². The molecule has 0 bridgehead atoms. The normalized spacial score (nSPS) is 27.3. The predicted octanol–water partition coefficient (Wildman–Crippen LogP) is 4.10. The molecule has 2 aliphatic carbocycles. The van der Waals surface area contributed by atoms with Gasteiger partial charge in [0.15, 0.2) is 0 Å². The molecule has 0 heterocycles. The second-order valence-electron chi connectivity index (χ2n) is 6.33. The van der Waals surface area contributed by atoms with E-state index in [4.69, 9.17) is 4.74 Å². The van der Waals surface area contributed by atoms with Gasteiger partial charge in [0.2, 0.25) is 0 Å². The zero-order valence-corrected chi connectivity index (χ0v) is 12.2. The quantitative estimate of drug-likeness (QED) is 0.883. The van der Waals surface area contributed by atoms with Crippen LogP contribution in [0.4, 0.5) is 0 Å². The Balaban J connectivity index is 2.03. The molecule has 104 valence electrons. The smallest absolute Gasteiger partial charge is 0.125 e. The molecule has 1 N–H and O–H groups in total. The van der Waals surface area contributed by atoms with E-state index < -0.39 is 0 Å². The highest BCUT2D eigenvalue weighted by atomic mass is 16.5. The topological polar surface area (TPSA) is 29.5 Å². The summed E-state index contributed by atoms with van der Waals surface area (Å²) in [5.41, 5.74) is 3.14. The second-order valence-corrected chi connectivity index (χ2v) is 6.33. The Kier molecular flexibility index (Phi) is 3.09. The highest BCUT2D eigenvalue weighted by Crippen LogP contribution is 2.50. The van der Waals surface area contributed by atoms with Crippen LogP contribution in [0.3, 0.4) is 0 Å². The third kappa shape index (κ3) is 2.06. The van der Waals surface area contributed by atoms with Crippen molar-refractivity contribution in [2.75, 3.05) is 6.61 Å². The molecule has 0 radical (unpaired) electrons. The minimum atomic E-state index is -0.298. The maximum atomic E-state index is 10.7. The fraction of sp³-hybridized carbons (Fsp3) is 0.647. The minimum Gasteiger partial charge on any atom is -0.507 e. The van der Waals surface area contributed by atoms with E-state index in [0.717, 1.165) is 29.9 Å². The molecule has 0 amide bonds. The van der Waals surface area contributed by atoms with Crippen molar-refractivity contribution in [3.05, 3.63) is 28.8 Å². The molecule has 0 spiro atoms. The Morgan fingerprint density at radius 2 is 2.16 bits per heavy atom. The van der Waals surface area contributed by atoms with Crippen molar-refractivity contribution in [3.8, 4) is 5.75 Å². The van der Waals surface area contributed by atoms with Gasteiger partial charge in [0.1, 0.15) is 5.75 Å². The summed E-state index contributed by atoms with van der Waals surface area (Å²) in [4.78, 5) is 0. The number of ether oxygens (including phenoxy) is 1. The van der Waals surface area contributed by atoms with Crippen LogP contribution < -0.4 is 0 Å². The van der Waals surface area contributed by atoms with Crippen LogP contribution in [0, 0.1) is 5.92 Å². The molecule has 1 aromatic rings. The lowest BCUT2D eigenvalue weighted by Crippen LogP contribution is -2.23. The van der Waals surface area contributed by atoms with E-state index in [1.807, 2.05) is 6.92 Å². The van der Waals surface area contributed by atoms with E-state index in [9.17, 15) is 5.11 Å². The molecule has 0 saturated heterocycles. The van der Waals surface area contributed by atoms with Gasteiger partial charge < -0.3 is 9.84 Å². The lowest BCUT2D eigenvalue weighted by atomic mass is 9.88. The summed E-state index contributed by atoms with van der Waals surface area (Å²) < 4.78 is 5.95. The standard InChI is InChI=1S/C17H24O2/c1-4-19-17(3)10-9-13-7-8-14(16(18)15(13)17)11(2)12-5-6-12/h7-8,11-12,18H,4-6,9-10H2,1-3H3. The molecular weight excluding hydrogens is 236 g/mol. The number of aryl methyl sites for hydroxylation is 1. The lowest BCUT2D eigenvalue weighted by molar-refractivity contribution is -0.0290. The van der Waals surface area contributed by atoms with Gasteiger partial charge in [0.25, 0.3) is 0 Å². The van der Waals surface area contributed by atoms with Crippen LogP contribution in [0.25, 0.3) is 0 Å². The van der Waals surface area contributed by atoms with E-state index in [2.05, 4.69) is 26.0 Å². The highest BCUT2D eigenvalue weighted by molar-refractivity contribution is 5.52. The fourth-order valence-corrected chi connectivity index (χ4v) is 3.63. The molecule has 19 heavy (non-hydrogen) atoms. The fourth-order valence-electron chi connectivity index (χ4n) is 3.63. The number of aromatic hydroxyl groups is 1. The van der Waals surface area contributed by atoms with Crippen LogP contribution in [0.5, 0.6) is 5.75 Å². The van der Waals surface area contributed by atoms with E-state index in [0.29, 0.717) is 18.3 Å². The van der Waals surface area contributed by atoms with Crippen molar-refractivity contribution < 1.29 is 9.84 Å². The van der Waals surface area contributed by atoms with Crippen LogP contribution in [-0.2, 0) is 16.8 Å². The summed E-state index contributed by atoms with van der Waals surface area (Å²) in [6, 6.07) is 4.34. The SMILES string of the molecule is CCOC1(C)CCc2ccc(C(C)C3CC3)c(O)c21. The van der Waals surface area contributed by atoms with E-state index in [1.54, 1.807) is 0 Å². The van der Waals surface area contributed by atoms with Crippen LogP contribution in [0.2, 0.25) is 0 Å². The molecule has 2 unspecified atom stereocenters. The van der Waals surface area contributed by atoms with Gasteiger partial charge in [-0.25, -0.2) is 0 Å². The Morgan fingerprint density at radius 1 is 1.42 bits per heavy atom. The van der Waals surface area contributed by atoms with Gasteiger partial charge >= 0.3 is 0 Å². The maximum Gasteiger partial charge on any atom is 0.125 e. The third-order valence-corrected chi connectivity index (χ3v) is 4.98. The summed E-state index contributed by atoms with van der Waals surface area (Å²) in [5, 5.41) is 10.7. The lowest BCUT2D eigenvalue weighted by Gasteiger charge is -2.27. The summed E-state index contributed by atoms with van der Waals surface area (Å²) >= 11 is 0. The van der Waals surface area contributed by atoms with Crippen LogP contribution in [0.15, 0.2) is 12.1 Å². The second kappa shape index (κ2) is 4.52. The molecule has 1 aromatic carbocycles. The summed E-state index contributed by atoms with van der Waals surface area (Å²) in [5.74, 6) is 1.74. The zero-order valence-electron chi connectivity index (χ0n) is 12.2. The number of benzene rings is 1. The van der Waals surface area contributed by atoms with Crippen molar-refractivity contribution >= 4 is 0 Å². The first kappa shape index (κ1) is 13.0. The van der Waals surface area contributed by atoms with E-state index >= 15 is 0 Å². The van der Waals surface area contributed by atoms with Crippen molar-refractivity contribution in [3.63, 3.8) is 0 Å². The molecule has 1 fully saturated rings. The number of hydrogen-bond donors (Lipinski definition) is 1. The van der Waals surface area contributed by atoms with Crippen molar-refractivity contribution in [1.82, 2.24) is 0 Å². The van der Waals surface area contributed by atoms with Crippen molar-refractivity contribution in [1.29, 1.82) is 0 Å². The number of phenolic OH excluding ortho intramolecular Hbond substituents is 1. The van der Waals surface area contributed by atoms with Gasteiger partial charge in [-0.1, -0.05) is 19.1 Å². The Morgan fingerprint density at radius 3 is 2.79 bits per heavy atom. The van der Waals surface area contributed by atoms with Gasteiger partial charge in [0, 0.05) is 12.2 Å². The monoisotopic (exact) mass is 260 g/mol. The molecule has 2 heteroatoms. The Labute approximate surface area is 115 Å². The summed E-state index contributed by atoms with van der Waals surface area (Å²) in [7, 11) is 0. The molecule has 1 saturated carbocycles. The number of hydrogen-bond acceptors (Lipinski definition) is 2. The molecule has 2 atom stereocenters. The van der Waals surface area contributed by atoms with Crippen molar-refractivity contribution in [2.45, 2.75) is 58.0 Å². The number of fused-ring (bicyclic) bond motifs is 1. The number of phenols is 1. The van der Waals surface area contributed by atoms with Crippen LogP contribution in [-0.4, -0.2) is 11.7 Å². The first-order valence-corrected chi connectivity index (χ1v) is 7.56. The average Bonchev–Trinajstić information content (AvgIpc) is 3.16. The van der Waals surface area contributed by atoms with Gasteiger partial charge in [-0.15, -0.1) is 0 Å². The zero-order chi connectivity index (χ0) is 13.6. The average molecular weight is 260 g/mol. The molecule has 2 nitrogen and oxygen atoms in total. The molecule has 2 aliphatic rings. The van der Waals surface area contributed by atoms with Gasteiger partial charge in [-0.2, -0.15) is 0 Å². The van der Waals surface area contributed by atoms with Gasteiger partial charge in [0.05, 0.1) is 5.60 Å².